The van der Waals surface area contributed by atoms with Crippen molar-refractivity contribution < 1.29 is 28.7 Å². The topological polar surface area (TPSA) is 128 Å². The lowest BCUT2D eigenvalue weighted by Crippen LogP contribution is -2.54. The predicted octanol–water partition coefficient (Wildman–Crippen LogP) is 1.88. The Kier molecular flexibility index (Phi) is 6.03. The van der Waals surface area contributed by atoms with Crippen LogP contribution < -0.4 is 25.4 Å². The Balaban J connectivity index is 1.98. The molecule has 1 aliphatic heterocycles. The molecule has 30 heavy (non-hydrogen) atoms. The van der Waals surface area contributed by atoms with E-state index in [2.05, 4.69) is 5.32 Å². The Morgan fingerprint density at radius 3 is 2.43 bits per heavy atom. The van der Waals surface area contributed by atoms with Crippen LogP contribution in [0.3, 0.4) is 0 Å². The van der Waals surface area contributed by atoms with Crippen molar-refractivity contribution in [2.45, 2.75) is 0 Å². The molecule has 1 fully saturated rings. The number of barbiturate groups is 1. The van der Waals surface area contributed by atoms with Gasteiger partial charge in [0.25, 0.3) is 17.7 Å². The Hall–Kier alpha value is -3.85. The summed E-state index contributed by atoms with van der Waals surface area (Å²) in [6, 6.07) is 9.67. The first-order valence-electron chi connectivity index (χ1n) is 8.55. The van der Waals surface area contributed by atoms with E-state index >= 15 is 0 Å². The number of hydrogen-bond acceptors (Lipinski definition) is 6. The van der Waals surface area contributed by atoms with Gasteiger partial charge in [-0.3, -0.25) is 19.7 Å². The van der Waals surface area contributed by atoms with Crippen LogP contribution >= 0.6 is 11.6 Å². The summed E-state index contributed by atoms with van der Waals surface area (Å²) in [4.78, 5) is 49.2. The molecule has 0 radical (unpaired) electrons. The maximum absolute atomic E-state index is 12.9. The maximum atomic E-state index is 12.9. The summed E-state index contributed by atoms with van der Waals surface area (Å²) < 4.78 is 10.4. The highest BCUT2D eigenvalue weighted by Gasteiger charge is 2.36. The minimum absolute atomic E-state index is 0.245. The number of amides is 5. The van der Waals surface area contributed by atoms with Crippen LogP contribution in [0.1, 0.15) is 5.56 Å². The monoisotopic (exact) mass is 429 g/mol. The fraction of sp³-hybridized carbons (Fsp3) is 0.100. The van der Waals surface area contributed by atoms with Gasteiger partial charge in [0.2, 0.25) is 0 Å². The van der Waals surface area contributed by atoms with E-state index in [4.69, 9.17) is 26.8 Å². The zero-order valence-electron chi connectivity index (χ0n) is 15.7. The highest BCUT2D eigenvalue weighted by molar-refractivity contribution is 6.39. The van der Waals surface area contributed by atoms with Gasteiger partial charge in [-0.15, -0.1) is 0 Å². The molecule has 3 rings (SSSR count). The second-order valence-corrected chi connectivity index (χ2v) is 6.57. The molecule has 9 nitrogen and oxygen atoms in total. The van der Waals surface area contributed by atoms with E-state index in [1.807, 2.05) is 0 Å². The first-order chi connectivity index (χ1) is 14.3. The van der Waals surface area contributed by atoms with Gasteiger partial charge in [0, 0.05) is 11.1 Å². The van der Waals surface area contributed by atoms with Gasteiger partial charge in [-0.05, 0) is 48.0 Å². The van der Waals surface area contributed by atoms with Crippen molar-refractivity contribution in [3.63, 3.8) is 0 Å². The number of nitrogens with one attached hydrogen (secondary N) is 1. The molecular formula is C20H16ClN3O6. The van der Waals surface area contributed by atoms with Crippen LogP contribution in [0.4, 0.5) is 10.5 Å². The molecule has 0 aromatic heterocycles. The van der Waals surface area contributed by atoms with Crippen molar-refractivity contribution >= 4 is 47.1 Å². The fourth-order valence-electron chi connectivity index (χ4n) is 2.68. The number of halogens is 1. The number of methoxy groups -OCH3 is 1. The van der Waals surface area contributed by atoms with Crippen LogP contribution in [0.2, 0.25) is 5.02 Å². The van der Waals surface area contributed by atoms with Gasteiger partial charge in [0.05, 0.1) is 12.8 Å². The third-order valence-corrected chi connectivity index (χ3v) is 4.27. The second kappa shape index (κ2) is 8.66. The number of primary amides is 1. The van der Waals surface area contributed by atoms with Crippen LogP contribution in [-0.2, 0) is 14.4 Å². The van der Waals surface area contributed by atoms with Gasteiger partial charge in [-0.2, -0.15) is 0 Å². The predicted molar refractivity (Wildman–Crippen MR) is 108 cm³/mol. The molecule has 0 atom stereocenters. The second-order valence-electron chi connectivity index (χ2n) is 6.13. The number of hydrogen-bond donors (Lipinski definition) is 2. The molecule has 0 aliphatic carbocycles. The lowest BCUT2D eigenvalue weighted by molar-refractivity contribution is -0.123. The first-order valence-corrected chi connectivity index (χ1v) is 8.93. The zero-order valence-corrected chi connectivity index (χ0v) is 16.4. The minimum Gasteiger partial charge on any atom is -0.497 e. The van der Waals surface area contributed by atoms with Crippen LogP contribution in [-0.4, -0.2) is 37.5 Å². The van der Waals surface area contributed by atoms with Gasteiger partial charge in [0.1, 0.15) is 17.1 Å². The maximum Gasteiger partial charge on any atom is 0.335 e. The third kappa shape index (κ3) is 4.58. The number of imide groups is 2. The summed E-state index contributed by atoms with van der Waals surface area (Å²) in [5.41, 5.74) is 5.42. The largest absolute Gasteiger partial charge is 0.497 e. The SMILES string of the molecule is COc1cc(/C=C2/C(=O)NC(=O)N(c3ccc(Cl)cc3)C2=O)cc(OCC(N)=O)c1. The van der Waals surface area contributed by atoms with Gasteiger partial charge in [-0.1, -0.05) is 11.6 Å². The Morgan fingerprint density at radius 2 is 1.80 bits per heavy atom. The summed E-state index contributed by atoms with van der Waals surface area (Å²) >= 11 is 5.85. The van der Waals surface area contributed by atoms with Crippen molar-refractivity contribution in [3.05, 3.63) is 58.6 Å². The molecule has 0 unspecified atom stereocenters. The number of nitrogens with two attached hydrogens (primary N) is 1. The minimum atomic E-state index is -0.874. The fourth-order valence-corrected chi connectivity index (χ4v) is 2.81. The van der Waals surface area contributed by atoms with E-state index in [9.17, 15) is 19.2 Å². The van der Waals surface area contributed by atoms with Gasteiger partial charge < -0.3 is 15.2 Å². The first kappa shape index (κ1) is 20.9. The average molecular weight is 430 g/mol. The van der Waals surface area contributed by atoms with E-state index in [0.29, 0.717) is 16.3 Å². The van der Waals surface area contributed by atoms with Crippen LogP contribution in [0.25, 0.3) is 6.08 Å². The molecule has 0 saturated carbocycles. The van der Waals surface area contributed by atoms with Crippen molar-refractivity contribution in [1.29, 1.82) is 0 Å². The number of rotatable bonds is 6. The van der Waals surface area contributed by atoms with Gasteiger partial charge in [-0.25, -0.2) is 9.69 Å². The van der Waals surface area contributed by atoms with E-state index in [0.717, 1.165) is 4.90 Å². The van der Waals surface area contributed by atoms with Gasteiger partial charge in [0.15, 0.2) is 6.61 Å². The molecule has 2 aromatic rings. The molecular weight excluding hydrogens is 414 g/mol. The summed E-state index contributed by atoms with van der Waals surface area (Å²) in [5.74, 6) is -1.73. The molecule has 10 heteroatoms. The quantitative estimate of drug-likeness (QED) is 0.533. The number of anilines is 1. The number of benzene rings is 2. The summed E-state index contributed by atoms with van der Waals surface area (Å²) in [5, 5.41) is 2.56. The molecule has 1 aliphatic rings. The lowest BCUT2D eigenvalue weighted by atomic mass is 10.1. The molecule has 1 heterocycles. The Bertz CT molecular complexity index is 1060. The smallest absolute Gasteiger partial charge is 0.335 e. The van der Waals surface area contributed by atoms with E-state index < -0.39 is 23.8 Å². The number of urea groups is 1. The summed E-state index contributed by atoms with van der Waals surface area (Å²) in [7, 11) is 1.42. The van der Waals surface area contributed by atoms with Crippen molar-refractivity contribution in [2.75, 3.05) is 18.6 Å². The molecule has 3 N–H and O–H groups in total. The highest BCUT2D eigenvalue weighted by Crippen LogP contribution is 2.27. The zero-order chi connectivity index (χ0) is 21.8. The van der Waals surface area contributed by atoms with Gasteiger partial charge >= 0.3 is 6.03 Å². The van der Waals surface area contributed by atoms with E-state index in [1.165, 1.54) is 49.6 Å². The lowest BCUT2D eigenvalue weighted by Gasteiger charge is -2.26. The van der Waals surface area contributed by atoms with Crippen molar-refractivity contribution in [3.8, 4) is 11.5 Å². The van der Waals surface area contributed by atoms with Crippen molar-refractivity contribution in [1.82, 2.24) is 5.32 Å². The normalized spacial score (nSPS) is 15.2. The number of nitrogens with zero attached hydrogens (tertiary/aromatic N) is 1. The van der Waals surface area contributed by atoms with Crippen molar-refractivity contribution in [2.24, 2.45) is 5.73 Å². The highest BCUT2D eigenvalue weighted by atomic mass is 35.5. The Morgan fingerprint density at radius 1 is 1.13 bits per heavy atom. The number of carbonyl (C=O) groups is 4. The number of carbonyl (C=O) groups excluding carboxylic acids is 4. The molecule has 2 aromatic carbocycles. The summed E-state index contributed by atoms with van der Waals surface area (Å²) in [6.07, 6.45) is 1.28. The molecule has 0 bridgehead atoms. The van der Waals surface area contributed by atoms with Crippen LogP contribution in [0.15, 0.2) is 48.0 Å². The molecule has 5 amide bonds. The Labute approximate surface area is 176 Å². The van der Waals surface area contributed by atoms with E-state index in [-0.39, 0.29) is 23.6 Å². The molecule has 154 valence electrons. The van der Waals surface area contributed by atoms with Crippen LogP contribution in [0, 0.1) is 0 Å². The average Bonchev–Trinajstić information content (AvgIpc) is 2.70. The standard InChI is InChI=1S/C20H16ClN3O6/c1-29-14-6-11(7-15(9-14)30-10-17(22)25)8-16-18(26)23-20(28)24(19(16)27)13-4-2-12(21)3-5-13/h2-9H,10H2,1H3,(H2,22,25)(H,23,26,28)/b16-8-. The molecule has 0 spiro atoms. The number of ether oxygens (including phenoxy) is 2. The van der Waals surface area contributed by atoms with Crippen LogP contribution in [0.5, 0.6) is 11.5 Å². The van der Waals surface area contributed by atoms with E-state index in [1.54, 1.807) is 6.07 Å². The third-order valence-electron chi connectivity index (χ3n) is 4.02. The molecule has 1 saturated heterocycles. The summed E-state index contributed by atoms with van der Waals surface area (Å²) in [6.45, 7) is -0.360.